The molecule has 1 aromatic rings. The molecule has 0 heterocycles. The quantitative estimate of drug-likeness (QED) is 0.456. The SMILES string of the molecule is CSCCC(NC=O)C(=O)NC(CC(C)C)C(=O)NC1Cc2ccccc2CC1=O. The van der Waals surface area contributed by atoms with Crippen LogP contribution in [-0.4, -0.2) is 54.1 Å². The van der Waals surface area contributed by atoms with Gasteiger partial charge in [0.25, 0.3) is 0 Å². The van der Waals surface area contributed by atoms with Gasteiger partial charge in [-0.15, -0.1) is 0 Å². The summed E-state index contributed by atoms with van der Waals surface area (Å²) < 4.78 is 0. The molecule has 3 N–H and O–H groups in total. The maximum Gasteiger partial charge on any atom is 0.243 e. The van der Waals surface area contributed by atoms with E-state index in [0.717, 1.165) is 11.1 Å². The number of carbonyl (C=O) groups excluding carboxylic acids is 4. The number of amides is 3. The molecule has 0 saturated carbocycles. The largest absolute Gasteiger partial charge is 0.347 e. The van der Waals surface area contributed by atoms with Gasteiger partial charge in [0.2, 0.25) is 18.2 Å². The molecule has 0 bridgehead atoms. The minimum absolute atomic E-state index is 0.0304. The first-order valence-corrected chi connectivity index (χ1v) is 11.6. The number of ketones is 1. The van der Waals surface area contributed by atoms with Crippen LogP contribution in [0.1, 0.15) is 37.8 Å². The number of benzene rings is 1. The van der Waals surface area contributed by atoms with Crippen LogP contribution in [0.5, 0.6) is 0 Å². The number of hydrogen-bond donors (Lipinski definition) is 3. The van der Waals surface area contributed by atoms with E-state index in [4.69, 9.17) is 0 Å². The molecule has 0 fully saturated rings. The molecule has 3 atom stereocenters. The molecule has 0 radical (unpaired) electrons. The van der Waals surface area contributed by atoms with Gasteiger partial charge in [-0.25, -0.2) is 0 Å². The van der Waals surface area contributed by atoms with Crippen LogP contribution in [0.3, 0.4) is 0 Å². The molecule has 0 aliphatic heterocycles. The molecule has 7 nitrogen and oxygen atoms in total. The van der Waals surface area contributed by atoms with E-state index in [0.29, 0.717) is 37.8 Å². The van der Waals surface area contributed by atoms with Crippen LogP contribution in [0.4, 0.5) is 0 Å². The first-order valence-electron chi connectivity index (χ1n) is 10.2. The Labute approximate surface area is 182 Å². The molecule has 0 spiro atoms. The normalized spacial score (nSPS) is 17.6. The Hall–Kier alpha value is -2.35. The van der Waals surface area contributed by atoms with E-state index in [1.54, 1.807) is 11.8 Å². The predicted octanol–water partition coefficient (Wildman–Crippen LogP) is 1.24. The van der Waals surface area contributed by atoms with Crippen LogP contribution in [0.2, 0.25) is 0 Å². The molecular formula is C22H31N3O4S. The van der Waals surface area contributed by atoms with E-state index in [1.165, 1.54) is 0 Å². The molecule has 164 valence electrons. The zero-order chi connectivity index (χ0) is 22.1. The van der Waals surface area contributed by atoms with Crippen molar-refractivity contribution in [2.24, 2.45) is 5.92 Å². The van der Waals surface area contributed by atoms with Crippen molar-refractivity contribution in [3.8, 4) is 0 Å². The number of Topliss-reactive ketones (excluding diaryl/α,β-unsaturated/α-hetero) is 1. The number of rotatable bonds is 11. The second kappa shape index (κ2) is 11.7. The average molecular weight is 434 g/mol. The summed E-state index contributed by atoms with van der Waals surface area (Å²) in [6.45, 7) is 3.92. The van der Waals surface area contributed by atoms with Gasteiger partial charge in [0.1, 0.15) is 12.1 Å². The molecule has 1 aromatic carbocycles. The lowest BCUT2D eigenvalue weighted by atomic mass is 9.87. The summed E-state index contributed by atoms with van der Waals surface area (Å²) >= 11 is 1.57. The fourth-order valence-corrected chi connectivity index (χ4v) is 4.03. The van der Waals surface area contributed by atoms with Crippen molar-refractivity contribution in [3.05, 3.63) is 35.4 Å². The average Bonchev–Trinajstić information content (AvgIpc) is 2.70. The Morgan fingerprint density at radius 2 is 1.87 bits per heavy atom. The Bertz CT molecular complexity index is 769. The van der Waals surface area contributed by atoms with Gasteiger partial charge < -0.3 is 16.0 Å². The van der Waals surface area contributed by atoms with E-state index in [2.05, 4.69) is 16.0 Å². The minimum Gasteiger partial charge on any atom is -0.347 e. The van der Waals surface area contributed by atoms with E-state index < -0.39 is 24.0 Å². The van der Waals surface area contributed by atoms with Gasteiger partial charge in [-0.2, -0.15) is 11.8 Å². The number of fused-ring (bicyclic) bond motifs is 1. The molecular weight excluding hydrogens is 402 g/mol. The lowest BCUT2D eigenvalue weighted by Gasteiger charge is -2.28. The zero-order valence-electron chi connectivity index (χ0n) is 17.8. The van der Waals surface area contributed by atoms with Gasteiger partial charge in [-0.1, -0.05) is 38.1 Å². The Kier molecular flexibility index (Phi) is 9.36. The first kappa shape index (κ1) is 23.9. The van der Waals surface area contributed by atoms with Crippen molar-refractivity contribution in [1.29, 1.82) is 0 Å². The summed E-state index contributed by atoms with van der Waals surface area (Å²) in [6.07, 6.45) is 4.07. The zero-order valence-corrected chi connectivity index (χ0v) is 18.6. The van der Waals surface area contributed by atoms with Crippen LogP contribution in [-0.2, 0) is 32.0 Å². The lowest BCUT2D eigenvalue weighted by Crippen LogP contribution is -2.56. The monoisotopic (exact) mass is 433 g/mol. The number of thioether (sulfide) groups is 1. The van der Waals surface area contributed by atoms with Crippen molar-refractivity contribution < 1.29 is 19.2 Å². The predicted molar refractivity (Wildman–Crippen MR) is 118 cm³/mol. The third-order valence-electron chi connectivity index (χ3n) is 5.15. The highest BCUT2D eigenvalue weighted by Crippen LogP contribution is 2.19. The summed E-state index contributed by atoms with van der Waals surface area (Å²) in [7, 11) is 0. The second-order valence-electron chi connectivity index (χ2n) is 7.99. The topological polar surface area (TPSA) is 104 Å². The minimum atomic E-state index is -0.771. The van der Waals surface area contributed by atoms with Crippen LogP contribution in [0.25, 0.3) is 0 Å². The molecule has 1 aliphatic rings. The lowest BCUT2D eigenvalue weighted by molar-refractivity contribution is -0.133. The van der Waals surface area contributed by atoms with E-state index in [1.807, 2.05) is 44.4 Å². The van der Waals surface area contributed by atoms with Gasteiger partial charge in [0.05, 0.1) is 6.04 Å². The van der Waals surface area contributed by atoms with Crippen LogP contribution < -0.4 is 16.0 Å². The fourth-order valence-electron chi connectivity index (χ4n) is 3.56. The number of carbonyl (C=O) groups is 4. The van der Waals surface area contributed by atoms with Crippen LogP contribution >= 0.6 is 11.8 Å². The number of hydrogen-bond acceptors (Lipinski definition) is 5. The molecule has 0 aromatic heterocycles. The molecule has 3 amide bonds. The summed E-state index contributed by atoms with van der Waals surface area (Å²) in [6, 6.07) is 5.66. The Morgan fingerprint density at radius 3 is 2.50 bits per heavy atom. The van der Waals surface area contributed by atoms with Gasteiger partial charge in [-0.05, 0) is 41.9 Å². The summed E-state index contributed by atoms with van der Waals surface area (Å²) in [5.41, 5.74) is 2.05. The molecule has 1 aliphatic carbocycles. The highest BCUT2D eigenvalue weighted by atomic mass is 32.2. The molecule has 8 heteroatoms. The van der Waals surface area contributed by atoms with Gasteiger partial charge in [0.15, 0.2) is 5.78 Å². The molecule has 3 unspecified atom stereocenters. The van der Waals surface area contributed by atoms with Crippen LogP contribution in [0, 0.1) is 5.92 Å². The van der Waals surface area contributed by atoms with Gasteiger partial charge in [-0.3, -0.25) is 19.2 Å². The summed E-state index contributed by atoms with van der Waals surface area (Å²) in [5.74, 6) is 0.0714. The molecule has 0 saturated heterocycles. The maximum atomic E-state index is 13.0. The van der Waals surface area contributed by atoms with E-state index in [-0.39, 0.29) is 17.6 Å². The van der Waals surface area contributed by atoms with Crippen molar-refractivity contribution >= 4 is 35.8 Å². The Morgan fingerprint density at radius 1 is 1.17 bits per heavy atom. The Balaban J connectivity index is 2.06. The second-order valence-corrected chi connectivity index (χ2v) is 8.97. The van der Waals surface area contributed by atoms with Crippen molar-refractivity contribution in [2.75, 3.05) is 12.0 Å². The van der Waals surface area contributed by atoms with Crippen molar-refractivity contribution in [3.63, 3.8) is 0 Å². The van der Waals surface area contributed by atoms with Crippen LogP contribution in [0.15, 0.2) is 24.3 Å². The fraction of sp³-hybridized carbons (Fsp3) is 0.545. The van der Waals surface area contributed by atoms with E-state index >= 15 is 0 Å². The highest BCUT2D eigenvalue weighted by molar-refractivity contribution is 7.98. The molecule has 2 rings (SSSR count). The third kappa shape index (κ3) is 6.86. The standard InChI is InChI=1S/C22H31N3O4S/c1-14(2)10-19(25-21(28)17(23-13-26)8-9-30-3)22(29)24-18-11-15-6-4-5-7-16(15)12-20(18)27/h4-7,13-14,17-19H,8-12H2,1-3H3,(H,23,26)(H,24,29)(H,25,28). The third-order valence-corrected chi connectivity index (χ3v) is 5.79. The summed E-state index contributed by atoms with van der Waals surface area (Å²) in [4.78, 5) is 49.0. The van der Waals surface area contributed by atoms with Crippen molar-refractivity contribution in [2.45, 2.75) is 57.7 Å². The number of nitrogens with one attached hydrogen (secondary N) is 3. The first-order chi connectivity index (χ1) is 14.3. The van der Waals surface area contributed by atoms with Crippen molar-refractivity contribution in [1.82, 2.24) is 16.0 Å². The smallest absolute Gasteiger partial charge is 0.243 e. The maximum absolute atomic E-state index is 13.0. The van der Waals surface area contributed by atoms with E-state index in [9.17, 15) is 19.2 Å². The summed E-state index contributed by atoms with van der Waals surface area (Å²) in [5, 5.41) is 8.13. The van der Waals surface area contributed by atoms with Gasteiger partial charge in [0, 0.05) is 12.8 Å². The van der Waals surface area contributed by atoms with Gasteiger partial charge >= 0.3 is 0 Å². The highest BCUT2D eigenvalue weighted by Gasteiger charge is 2.31. The molecule has 30 heavy (non-hydrogen) atoms.